The summed E-state index contributed by atoms with van der Waals surface area (Å²) in [6.45, 7) is 0.476. The van der Waals surface area contributed by atoms with Crippen LogP contribution in [0.3, 0.4) is 0 Å². The molecule has 4 N–H and O–H groups in total. The molecule has 0 bridgehead atoms. The molecule has 0 aromatic carbocycles. The maximum absolute atomic E-state index is 10.4. The minimum Gasteiger partial charge on any atom is -0.595 e. The normalized spacial score (nSPS) is 13.4. The number of quaternary nitrogens is 1. The van der Waals surface area contributed by atoms with Crippen molar-refractivity contribution in [2.75, 3.05) is 7.05 Å². The summed E-state index contributed by atoms with van der Waals surface area (Å²) in [5, 5.41) is 24.1. The Balaban J connectivity index is 2.53. The van der Waals surface area contributed by atoms with Crippen molar-refractivity contribution in [1.82, 2.24) is 15.6 Å². The predicted molar refractivity (Wildman–Crippen MR) is 59.3 cm³/mol. The van der Waals surface area contributed by atoms with Gasteiger partial charge in [-0.1, -0.05) is 17.7 Å². The Kier molecular flexibility index (Phi) is 5.00. The van der Waals surface area contributed by atoms with Crippen molar-refractivity contribution in [3.05, 3.63) is 46.3 Å². The molecule has 1 aromatic heterocycles. The number of nitrogens with zero attached hydrogens (tertiary/aromatic N) is 1. The number of hydrogen-bond acceptors (Lipinski definition) is 5. The summed E-state index contributed by atoms with van der Waals surface area (Å²) in [6.07, 6.45) is 2.69. The van der Waals surface area contributed by atoms with Crippen molar-refractivity contribution >= 4 is 11.6 Å². The van der Waals surface area contributed by atoms with Crippen LogP contribution in [-0.2, 0) is 6.54 Å². The van der Waals surface area contributed by atoms with Crippen LogP contribution in [0, 0.1) is 5.21 Å². The molecular weight excluding hydrogens is 232 g/mol. The van der Waals surface area contributed by atoms with Gasteiger partial charge in [-0.15, -0.1) is 0 Å². The van der Waals surface area contributed by atoms with E-state index in [0.717, 1.165) is 11.8 Å². The first-order valence-electron chi connectivity index (χ1n) is 4.58. The molecule has 0 aliphatic carbocycles. The van der Waals surface area contributed by atoms with Gasteiger partial charge >= 0.3 is 0 Å². The highest BCUT2D eigenvalue weighted by molar-refractivity contribution is 6.29. The largest absolute Gasteiger partial charge is 0.595 e. The number of hydrogen-bond donors (Lipinski definition) is 4. The second-order valence-electron chi connectivity index (χ2n) is 2.99. The van der Waals surface area contributed by atoms with Gasteiger partial charge in [-0.25, -0.2) is 10.2 Å². The summed E-state index contributed by atoms with van der Waals surface area (Å²) in [7, 11) is 1.64. The Morgan fingerprint density at radius 2 is 2.44 bits per heavy atom. The van der Waals surface area contributed by atoms with Crippen LogP contribution < -0.4 is 15.9 Å². The summed E-state index contributed by atoms with van der Waals surface area (Å²) >= 11 is 5.64. The Labute approximate surface area is 98.1 Å². The SMILES string of the molecule is CNC(=C[NH+]([O-])O)NCc1ccc(Cl)nc1. The predicted octanol–water partition coefficient (Wildman–Crippen LogP) is -0.385. The maximum atomic E-state index is 10.4. The average molecular weight is 245 g/mol. The topological polar surface area (TPSA) is 84.7 Å². The number of hydroxylamine groups is 2. The van der Waals surface area contributed by atoms with E-state index in [4.69, 9.17) is 16.8 Å². The molecule has 7 heteroatoms. The van der Waals surface area contributed by atoms with Crippen molar-refractivity contribution in [3.63, 3.8) is 0 Å². The molecule has 16 heavy (non-hydrogen) atoms. The third-order valence-corrected chi connectivity index (χ3v) is 2.03. The zero-order chi connectivity index (χ0) is 12.0. The lowest BCUT2D eigenvalue weighted by Gasteiger charge is -2.12. The molecule has 1 atom stereocenters. The standard InChI is InChI=1S/C9H13ClN4O2/c1-11-9(6-14(15)16)13-5-7-2-3-8(10)12-4-7/h2-4,6,11,13-15H,5H2,1H3. The Hall–Kier alpha value is -1.34. The molecule has 1 unspecified atom stereocenters. The van der Waals surface area contributed by atoms with E-state index >= 15 is 0 Å². The third kappa shape index (κ3) is 4.45. The van der Waals surface area contributed by atoms with Gasteiger partial charge in [0.05, 0.1) is 0 Å². The molecule has 0 saturated heterocycles. The molecule has 0 spiro atoms. The second-order valence-corrected chi connectivity index (χ2v) is 3.38. The van der Waals surface area contributed by atoms with E-state index in [1.807, 2.05) is 6.07 Å². The van der Waals surface area contributed by atoms with Gasteiger partial charge in [-0.05, 0) is 11.6 Å². The lowest BCUT2D eigenvalue weighted by atomic mass is 10.3. The minimum atomic E-state index is -1.01. The number of halogens is 1. The highest BCUT2D eigenvalue weighted by Gasteiger charge is 1.98. The quantitative estimate of drug-likeness (QED) is 0.419. The Morgan fingerprint density at radius 3 is 2.94 bits per heavy atom. The highest BCUT2D eigenvalue weighted by Crippen LogP contribution is 2.04. The molecule has 0 saturated carbocycles. The molecule has 6 nitrogen and oxygen atoms in total. The van der Waals surface area contributed by atoms with Gasteiger partial charge in [0.15, 0.2) is 12.0 Å². The van der Waals surface area contributed by atoms with Crippen LogP contribution >= 0.6 is 11.6 Å². The number of aromatic nitrogens is 1. The fourth-order valence-electron chi connectivity index (χ4n) is 1.04. The van der Waals surface area contributed by atoms with Gasteiger partial charge in [-0.2, -0.15) is 5.23 Å². The lowest BCUT2D eigenvalue weighted by Crippen LogP contribution is -2.99. The molecule has 0 aliphatic rings. The van der Waals surface area contributed by atoms with Crippen LogP contribution in [0.4, 0.5) is 0 Å². The van der Waals surface area contributed by atoms with Crippen molar-refractivity contribution in [2.45, 2.75) is 6.54 Å². The molecule has 1 heterocycles. The van der Waals surface area contributed by atoms with E-state index in [2.05, 4.69) is 15.6 Å². The molecule has 88 valence electrons. The Bertz CT molecular complexity index is 353. The molecule has 0 amide bonds. The smallest absolute Gasteiger partial charge is 0.167 e. The second kappa shape index (κ2) is 6.29. The van der Waals surface area contributed by atoms with Crippen LogP contribution in [0.25, 0.3) is 0 Å². The zero-order valence-electron chi connectivity index (χ0n) is 8.70. The summed E-state index contributed by atoms with van der Waals surface area (Å²) in [4.78, 5) is 3.91. The van der Waals surface area contributed by atoms with Crippen LogP contribution in [0.2, 0.25) is 5.15 Å². The van der Waals surface area contributed by atoms with E-state index in [-0.39, 0.29) is 0 Å². The van der Waals surface area contributed by atoms with Crippen LogP contribution in [0.15, 0.2) is 30.4 Å². The monoisotopic (exact) mass is 244 g/mol. The number of nitrogens with one attached hydrogen (secondary N) is 3. The van der Waals surface area contributed by atoms with Crippen LogP contribution in [0.5, 0.6) is 0 Å². The number of rotatable bonds is 5. The van der Waals surface area contributed by atoms with Gasteiger partial charge in [0.2, 0.25) is 0 Å². The maximum Gasteiger partial charge on any atom is 0.167 e. The van der Waals surface area contributed by atoms with Gasteiger partial charge < -0.3 is 15.8 Å². The Morgan fingerprint density at radius 1 is 1.69 bits per heavy atom. The van der Waals surface area contributed by atoms with E-state index in [0.29, 0.717) is 17.5 Å². The van der Waals surface area contributed by atoms with E-state index in [1.165, 1.54) is 0 Å². The summed E-state index contributed by atoms with van der Waals surface area (Å²) in [6, 6.07) is 3.49. The van der Waals surface area contributed by atoms with Crippen molar-refractivity contribution in [3.8, 4) is 0 Å². The van der Waals surface area contributed by atoms with Gasteiger partial charge in [0.1, 0.15) is 5.15 Å². The van der Waals surface area contributed by atoms with Gasteiger partial charge in [-0.3, -0.25) is 0 Å². The highest BCUT2D eigenvalue weighted by atomic mass is 35.5. The fourth-order valence-corrected chi connectivity index (χ4v) is 1.16. The molecule has 1 aromatic rings. The van der Waals surface area contributed by atoms with E-state index < -0.39 is 5.23 Å². The minimum absolute atomic E-state index is 0.429. The molecule has 0 aliphatic heterocycles. The van der Waals surface area contributed by atoms with E-state index in [1.54, 1.807) is 19.3 Å². The van der Waals surface area contributed by atoms with Crippen molar-refractivity contribution < 1.29 is 10.4 Å². The molecule has 1 rings (SSSR count). The molecular formula is C9H13ClN4O2. The van der Waals surface area contributed by atoms with E-state index in [9.17, 15) is 5.21 Å². The zero-order valence-corrected chi connectivity index (χ0v) is 9.45. The summed E-state index contributed by atoms with van der Waals surface area (Å²) < 4.78 is 0. The van der Waals surface area contributed by atoms with Crippen LogP contribution in [-0.4, -0.2) is 17.2 Å². The molecule has 0 fully saturated rings. The van der Waals surface area contributed by atoms with Gasteiger partial charge in [0.25, 0.3) is 0 Å². The summed E-state index contributed by atoms with van der Waals surface area (Å²) in [5.41, 5.74) is 0.913. The average Bonchev–Trinajstić information content (AvgIpc) is 2.26. The fraction of sp³-hybridized carbons (Fsp3) is 0.222. The van der Waals surface area contributed by atoms with Crippen LogP contribution in [0.1, 0.15) is 5.56 Å². The first-order valence-corrected chi connectivity index (χ1v) is 4.96. The summed E-state index contributed by atoms with van der Waals surface area (Å²) in [5.74, 6) is 0.433. The first-order chi connectivity index (χ1) is 7.61. The molecule has 0 radical (unpaired) electrons. The number of pyridine rings is 1. The van der Waals surface area contributed by atoms with Crippen molar-refractivity contribution in [1.29, 1.82) is 0 Å². The van der Waals surface area contributed by atoms with Gasteiger partial charge in [0, 0.05) is 19.8 Å². The lowest BCUT2D eigenvalue weighted by molar-refractivity contribution is -1.00. The third-order valence-electron chi connectivity index (χ3n) is 1.81. The van der Waals surface area contributed by atoms with Crippen molar-refractivity contribution in [2.24, 2.45) is 0 Å². The first kappa shape index (κ1) is 12.7.